The third-order valence-electron chi connectivity index (χ3n) is 4.19. The van der Waals surface area contributed by atoms with E-state index < -0.39 is 0 Å². The smallest absolute Gasteiger partial charge is 0.121 e. The highest BCUT2D eigenvalue weighted by molar-refractivity contribution is 5.78. The Hall–Kier alpha value is -1.55. The molecular weight excluding hydrogens is 262 g/mol. The van der Waals surface area contributed by atoms with Gasteiger partial charge in [0, 0.05) is 25.1 Å². The zero-order valence-corrected chi connectivity index (χ0v) is 13.2. The number of hydrogen-bond acceptors (Lipinski definition) is 3. The molecule has 0 bridgehead atoms. The molecule has 2 heterocycles. The quantitative estimate of drug-likeness (QED) is 0.939. The zero-order valence-electron chi connectivity index (χ0n) is 13.2. The van der Waals surface area contributed by atoms with Crippen molar-refractivity contribution in [1.29, 1.82) is 0 Å². The summed E-state index contributed by atoms with van der Waals surface area (Å²) in [6, 6.07) is 6.22. The van der Waals surface area contributed by atoms with Crippen molar-refractivity contribution in [3.8, 4) is 5.75 Å². The third kappa shape index (κ3) is 2.91. The summed E-state index contributed by atoms with van der Waals surface area (Å²) in [5.41, 5.74) is 2.28. The second-order valence-electron chi connectivity index (χ2n) is 6.37. The van der Waals surface area contributed by atoms with Crippen LogP contribution in [0.3, 0.4) is 0 Å². The average Bonchev–Trinajstić information content (AvgIpc) is 2.85. The molecule has 1 unspecified atom stereocenters. The van der Waals surface area contributed by atoms with Crippen LogP contribution in [0.15, 0.2) is 18.2 Å². The van der Waals surface area contributed by atoms with E-state index in [1.807, 2.05) is 12.1 Å². The molecule has 4 heteroatoms. The Labute approximate surface area is 126 Å². The molecule has 21 heavy (non-hydrogen) atoms. The molecule has 1 aromatic heterocycles. The molecule has 1 aliphatic rings. The molecule has 1 aromatic carbocycles. The molecule has 4 nitrogen and oxygen atoms in total. The second-order valence-corrected chi connectivity index (χ2v) is 6.37. The van der Waals surface area contributed by atoms with Crippen molar-refractivity contribution in [2.24, 2.45) is 5.92 Å². The highest BCUT2D eigenvalue weighted by atomic mass is 16.5. The topological polar surface area (TPSA) is 39.1 Å². The van der Waals surface area contributed by atoms with E-state index in [9.17, 15) is 0 Å². The zero-order chi connectivity index (χ0) is 14.8. The molecule has 0 aliphatic carbocycles. The minimum atomic E-state index is 0.524. The number of imidazole rings is 1. The number of nitrogens with zero attached hydrogens (tertiary/aromatic N) is 2. The van der Waals surface area contributed by atoms with E-state index >= 15 is 0 Å². The lowest BCUT2D eigenvalue weighted by molar-refractivity contribution is 0.415. The van der Waals surface area contributed by atoms with Crippen molar-refractivity contribution in [2.75, 3.05) is 20.2 Å². The van der Waals surface area contributed by atoms with Crippen LogP contribution in [-0.4, -0.2) is 29.8 Å². The maximum Gasteiger partial charge on any atom is 0.121 e. The molecule has 1 aliphatic heterocycles. The number of fused-ring (bicyclic) bond motifs is 1. The number of aromatic nitrogens is 2. The fourth-order valence-electron chi connectivity index (χ4n) is 3.20. The molecule has 1 N–H and O–H groups in total. The molecule has 2 aromatic rings. The van der Waals surface area contributed by atoms with Crippen molar-refractivity contribution >= 4 is 11.0 Å². The van der Waals surface area contributed by atoms with Crippen LogP contribution in [0.25, 0.3) is 11.0 Å². The highest BCUT2D eigenvalue weighted by Crippen LogP contribution is 2.29. The summed E-state index contributed by atoms with van der Waals surface area (Å²) in [6.45, 7) is 7.72. The van der Waals surface area contributed by atoms with Gasteiger partial charge in [-0.3, -0.25) is 0 Å². The molecular formula is C17H25N3O. The predicted molar refractivity (Wildman–Crippen MR) is 86.0 cm³/mol. The number of benzene rings is 1. The Morgan fingerprint density at radius 3 is 2.95 bits per heavy atom. The first-order chi connectivity index (χ1) is 10.2. The van der Waals surface area contributed by atoms with Gasteiger partial charge in [-0.25, -0.2) is 4.98 Å². The van der Waals surface area contributed by atoms with Gasteiger partial charge < -0.3 is 14.6 Å². The van der Waals surface area contributed by atoms with E-state index in [1.165, 1.54) is 24.2 Å². The fraction of sp³-hybridized carbons (Fsp3) is 0.588. The number of piperidine rings is 1. The maximum absolute atomic E-state index is 5.34. The van der Waals surface area contributed by atoms with Crippen molar-refractivity contribution < 1.29 is 4.74 Å². The lowest BCUT2D eigenvalue weighted by Gasteiger charge is -2.24. The number of ether oxygens (including phenoxy) is 1. The van der Waals surface area contributed by atoms with Crippen LogP contribution >= 0.6 is 0 Å². The fourth-order valence-corrected chi connectivity index (χ4v) is 3.20. The molecule has 3 rings (SSSR count). The summed E-state index contributed by atoms with van der Waals surface area (Å²) in [6.07, 6.45) is 2.46. The molecule has 1 fully saturated rings. The van der Waals surface area contributed by atoms with Crippen molar-refractivity contribution in [3.05, 3.63) is 24.0 Å². The molecule has 0 spiro atoms. The van der Waals surface area contributed by atoms with Crippen molar-refractivity contribution in [2.45, 2.75) is 39.2 Å². The van der Waals surface area contributed by atoms with Gasteiger partial charge in [0.05, 0.1) is 18.1 Å². The van der Waals surface area contributed by atoms with Gasteiger partial charge in [-0.15, -0.1) is 0 Å². The van der Waals surface area contributed by atoms with Crippen LogP contribution in [-0.2, 0) is 6.54 Å². The number of nitrogens with one attached hydrogen (secondary N) is 1. The van der Waals surface area contributed by atoms with Crippen molar-refractivity contribution in [3.63, 3.8) is 0 Å². The Kier molecular flexibility index (Phi) is 4.15. The Bertz CT molecular complexity index is 612. The SMILES string of the molecule is COc1ccc2c(c1)nc(C1CCCNC1)n2CC(C)C. The predicted octanol–water partition coefficient (Wildman–Crippen LogP) is 3.17. The first kappa shape index (κ1) is 14.4. The lowest BCUT2D eigenvalue weighted by Crippen LogP contribution is -2.30. The summed E-state index contributed by atoms with van der Waals surface area (Å²) < 4.78 is 7.75. The van der Waals surface area contributed by atoms with E-state index in [2.05, 4.69) is 29.8 Å². The monoisotopic (exact) mass is 287 g/mol. The van der Waals surface area contributed by atoms with Crippen LogP contribution in [0.2, 0.25) is 0 Å². The van der Waals surface area contributed by atoms with Crippen LogP contribution in [0.4, 0.5) is 0 Å². The van der Waals surface area contributed by atoms with Gasteiger partial charge >= 0.3 is 0 Å². The average molecular weight is 287 g/mol. The summed E-state index contributed by atoms with van der Waals surface area (Å²) in [4.78, 5) is 4.94. The van der Waals surface area contributed by atoms with E-state index in [0.29, 0.717) is 11.8 Å². The Balaban J connectivity index is 2.07. The first-order valence-electron chi connectivity index (χ1n) is 7.94. The second kappa shape index (κ2) is 6.06. The van der Waals surface area contributed by atoms with E-state index in [4.69, 9.17) is 9.72 Å². The molecule has 0 saturated carbocycles. The Morgan fingerprint density at radius 2 is 2.29 bits per heavy atom. The third-order valence-corrected chi connectivity index (χ3v) is 4.19. The van der Waals surface area contributed by atoms with Gasteiger partial charge in [0.25, 0.3) is 0 Å². The Morgan fingerprint density at radius 1 is 1.43 bits per heavy atom. The summed E-state index contributed by atoms with van der Waals surface area (Å²) in [5.74, 6) is 3.25. The van der Waals surface area contributed by atoms with Gasteiger partial charge in [0.15, 0.2) is 0 Å². The molecule has 1 atom stereocenters. The summed E-state index contributed by atoms with van der Waals surface area (Å²) >= 11 is 0. The number of hydrogen-bond donors (Lipinski definition) is 1. The minimum Gasteiger partial charge on any atom is -0.497 e. The number of rotatable bonds is 4. The van der Waals surface area contributed by atoms with Gasteiger partial charge in [-0.2, -0.15) is 0 Å². The largest absolute Gasteiger partial charge is 0.497 e. The lowest BCUT2D eigenvalue weighted by atomic mass is 9.98. The summed E-state index contributed by atoms with van der Waals surface area (Å²) in [7, 11) is 1.71. The van der Waals surface area contributed by atoms with Gasteiger partial charge in [-0.1, -0.05) is 13.8 Å². The van der Waals surface area contributed by atoms with E-state index in [0.717, 1.165) is 30.9 Å². The van der Waals surface area contributed by atoms with Gasteiger partial charge in [-0.05, 0) is 37.4 Å². The van der Waals surface area contributed by atoms with Crippen LogP contribution in [0, 0.1) is 5.92 Å². The van der Waals surface area contributed by atoms with E-state index in [1.54, 1.807) is 7.11 Å². The first-order valence-corrected chi connectivity index (χ1v) is 7.94. The maximum atomic E-state index is 5.34. The van der Waals surface area contributed by atoms with Crippen LogP contribution in [0.1, 0.15) is 38.4 Å². The highest BCUT2D eigenvalue weighted by Gasteiger charge is 2.22. The van der Waals surface area contributed by atoms with Gasteiger partial charge in [0.1, 0.15) is 11.6 Å². The normalized spacial score (nSPS) is 19.3. The molecule has 0 amide bonds. The molecule has 0 radical (unpaired) electrons. The van der Waals surface area contributed by atoms with Gasteiger partial charge in [0.2, 0.25) is 0 Å². The number of methoxy groups -OCH3 is 1. The van der Waals surface area contributed by atoms with Crippen LogP contribution in [0.5, 0.6) is 5.75 Å². The van der Waals surface area contributed by atoms with Crippen molar-refractivity contribution in [1.82, 2.24) is 14.9 Å². The minimum absolute atomic E-state index is 0.524. The standard InChI is InChI=1S/C17H25N3O/c1-12(2)11-20-16-7-6-14(21-3)9-15(16)19-17(20)13-5-4-8-18-10-13/h6-7,9,12-13,18H,4-5,8,10-11H2,1-3H3. The van der Waals surface area contributed by atoms with Crippen LogP contribution < -0.4 is 10.1 Å². The summed E-state index contributed by atoms with van der Waals surface area (Å²) in [5, 5.41) is 3.50. The molecule has 114 valence electrons. The van der Waals surface area contributed by atoms with E-state index in [-0.39, 0.29) is 0 Å². The molecule has 1 saturated heterocycles.